The lowest BCUT2D eigenvalue weighted by molar-refractivity contribution is 0.431. The Labute approximate surface area is 124 Å². The molecule has 0 amide bonds. The van der Waals surface area contributed by atoms with Gasteiger partial charge in [0.05, 0.1) is 5.02 Å². The Bertz CT molecular complexity index is 771. The highest BCUT2D eigenvalue weighted by Crippen LogP contribution is 2.30. The molecule has 0 fully saturated rings. The Kier molecular flexibility index (Phi) is 3.34. The molecule has 1 N–H and O–H groups in total. The minimum Gasteiger partial charge on any atom is -0.508 e. The lowest BCUT2D eigenvalue weighted by Crippen LogP contribution is -1.83. The fourth-order valence-corrected chi connectivity index (χ4v) is 2.25. The SMILES string of the molecule is Oc1cccc(-c2nc(-c3ccc(Cl)cc3Cl)no2)c1. The summed E-state index contributed by atoms with van der Waals surface area (Å²) in [7, 11) is 0. The van der Waals surface area contributed by atoms with Crippen LogP contribution < -0.4 is 0 Å². The summed E-state index contributed by atoms with van der Waals surface area (Å²) in [5.41, 5.74) is 1.26. The number of benzene rings is 2. The van der Waals surface area contributed by atoms with Gasteiger partial charge in [-0.25, -0.2) is 0 Å². The maximum Gasteiger partial charge on any atom is 0.258 e. The zero-order valence-corrected chi connectivity index (χ0v) is 11.6. The van der Waals surface area contributed by atoms with Crippen LogP contribution in [0.1, 0.15) is 0 Å². The number of rotatable bonds is 2. The van der Waals surface area contributed by atoms with Gasteiger partial charge in [-0.3, -0.25) is 0 Å². The molecule has 0 bridgehead atoms. The first-order chi connectivity index (χ1) is 9.63. The van der Waals surface area contributed by atoms with E-state index in [1.807, 2.05) is 0 Å². The van der Waals surface area contributed by atoms with Crippen molar-refractivity contribution < 1.29 is 9.63 Å². The minimum absolute atomic E-state index is 0.131. The van der Waals surface area contributed by atoms with E-state index >= 15 is 0 Å². The van der Waals surface area contributed by atoms with Crippen molar-refractivity contribution in [3.05, 3.63) is 52.5 Å². The summed E-state index contributed by atoms with van der Waals surface area (Å²) in [6.07, 6.45) is 0. The number of phenolic OH excluding ortho intramolecular Hbond substituents is 1. The van der Waals surface area contributed by atoms with Crippen LogP contribution in [0.15, 0.2) is 47.0 Å². The predicted molar refractivity (Wildman–Crippen MR) is 76.9 cm³/mol. The van der Waals surface area contributed by atoms with Crippen LogP contribution in [-0.4, -0.2) is 15.2 Å². The topological polar surface area (TPSA) is 59.2 Å². The molecule has 2 aromatic carbocycles. The Hall–Kier alpha value is -2.04. The van der Waals surface area contributed by atoms with Crippen molar-refractivity contribution in [2.24, 2.45) is 0 Å². The van der Waals surface area contributed by atoms with E-state index in [1.165, 1.54) is 0 Å². The van der Waals surface area contributed by atoms with Crippen LogP contribution in [0, 0.1) is 0 Å². The second-order valence-corrected chi connectivity index (χ2v) is 4.94. The highest BCUT2D eigenvalue weighted by Gasteiger charge is 2.13. The Balaban J connectivity index is 2.02. The average molecular weight is 307 g/mol. The number of hydrogen-bond donors (Lipinski definition) is 1. The number of aromatic hydroxyl groups is 1. The van der Waals surface area contributed by atoms with Crippen molar-refractivity contribution in [1.82, 2.24) is 10.1 Å². The first kappa shape index (κ1) is 13.0. The quantitative estimate of drug-likeness (QED) is 0.761. The summed E-state index contributed by atoms with van der Waals surface area (Å²) in [5.74, 6) is 0.804. The van der Waals surface area contributed by atoms with E-state index in [4.69, 9.17) is 27.7 Å². The molecule has 0 atom stereocenters. The average Bonchev–Trinajstić information content (AvgIpc) is 2.88. The van der Waals surface area contributed by atoms with E-state index in [0.717, 1.165) is 0 Å². The Morgan fingerprint density at radius 3 is 2.65 bits per heavy atom. The molecule has 3 aromatic rings. The molecule has 0 saturated carbocycles. The molecule has 0 aliphatic carbocycles. The van der Waals surface area contributed by atoms with E-state index in [1.54, 1.807) is 42.5 Å². The van der Waals surface area contributed by atoms with Gasteiger partial charge in [0.25, 0.3) is 5.89 Å². The first-order valence-corrected chi connectivity index (χ1v) is 6.47. The van der Waals surface area contributed by atoms with Crippen LogP contribution in [0.2, 0.25) is 10.0 Å². The molecule has 0 aliphatic rings. The summed E-state index contributed by atoms with van der Waals surface area (Å²) in [6.45, 7) is 0. The minimum atomic E-state index is 0.131. The van der Waals surface area contributed by atoms with Gasteiger partial charge in [-0.05, 0) is 36.4 Å². The van der Waals surface area contributed by atoms with E-state index in [0.29, 0.717) is 32.9 Å². The second-order valence-electron chi connectivity index (χ2n) is 4.10. The van der Waals surface area contributed by atoms with Crippen molar-refractivity contribution in [2.45, 2.75) is 0 Å². The predicted octanol–water partition coefficient (Wildman–Crippen LogP) is 4.42. The molecule has 0 aliphatic heterocycles. The van der Waals surface area contributed by atoms with Crippen LogP contribution >= 0.6 is 23.2 Å². The van der Waals surface area contributed by atoms with Gasteiger partial charge in [-0.2, -0.15) is 4.98 Å². The molecular weight excluding hydrogens is 299 g/mol. The molecule has 0 unspecified atom stereocenters. The number of nitrogens with zero attached hydrogens (tertiary/aromatic N) is 2. The molecular formula is C14H8Cl2N2O2. The van der Waals surface area contributed by atoms with Crippen LogP contribution in [0.25, 0.3) is 22.8 Å². The van der Waals surface area contributed by atoms with Gasteiger partial charge >= 0.3 is 0 Å². The maximum absolute atomic E-state index is 9.45. The molecule has 1 heterocycles. The molecule has 0 spiro atoms. The summed E-state index contributed by atoms with van der Waals surface area (Å²) in [6, 6.07) is 11.6. The van der Waals surface area contributed by atoms with Crippen molar-refractivity contribution in [3.63, 3.8) is 0 Å². The molecule has 6 heteroatoms. The van der Waals surface area contributed by atoms with Gasteiger partial charge in [0.15, 0.2) is 0 Å². The van der Waals surface area contributed by atoms with E-state index in [-0.39, 0.29) is 5.75 Å². The molecule has 3 rings (SSSR count). The molecule has 0 saturated heterocycles. The van der Waals surface area contributed by atoms with E-state index in [9.17, 15) is 5.11 Å². The fraction of sp³-hybridized carbons (Fsp3) is 0. The Morgan fingerprint density at radius 2 is 1.90 bits per heavy atom. The third-order valence-electron chi connectivity index (χ3n) is 2.69. The highest BCUT2D eigenvalue weighted by molar-refractivity contribution is 6.36. The standard InChI is InChI=1S/C14H8Cl2N2O2/c15-9-4-5-11(12(16)7-9)13-17-14(20-18-13)8-2-1-3-10(19)6-8/h1-7,19H. The van der Waals surface area contributed by atoms with Crippen molar-refractivity contribution in [2.75, 3.05) is 0 Å². The first-order valence-electron chi connectivity index (χ1n) is 5.72. The lowest BCUT2D eigenvalue weighted by atomic mass is 10.2. The molecule has 100 valence electrons. The molecule has 20 heavy (non-hydrogen) atoms. The number of phenols is 1. The largest absolute Gasteiger partial charge is 0.508 e. The smallest absolute Gasteiger partial charge is 0.258 e. The summed E-state index contributed by atoms with van der Waals surface area (Å²) < 4.78 is 5.18. The highest BCUT2D eigenvalue weighted by atomic mass is 35.5. The summed E-state index contributed by atoms with van der Waals surface area (Å²) in [5, 5.41) is 14.3. The zero-order chi connectivity index (χ0) is 14.1. The Morgan fingerprint density at radius 1 is 1.05 bits per heavy atom. The summed E-state index contributed by atoms with van der Waals surface area (Å²) in [4.78, 5) is 4.27. The molecule has 4 nitrogen and oxygen atoms in total. The zero-order valence-electron chi connectivity index (χ0n) is 10.0. The van der Waals surface area contributed by atoms with Crippen molar-refractivity contribution >= 4 is 23.2 Å². The fourth-order valence-electron chi connectivity index (χ4n) is 1.76. The third kappa shape index (κ3) is 2.48. The van der Waals surface area contributed by atoms with Crippen molar-refractivity contribution in [1.29, 1.82) is 0 Å². The third-order valence-corrected chi connectivity index (χ3v) is 3.24. The van der Waals surface area contributed by atoms with Crippen molar-refractivity contribution in [3.8, 4) is 28.6 Å². The van der Waals surface area contributed by atoms with E-state index < -0.39 is 0 Å². The van der Waals surface area contributed by atoms with Crippen LogP contribution in [0.3, 0.4) is 0 Å². The van der Waals surface area contributed by atoms with Gasteiger partial charge in [-0.15, -0.1) is 0 Å². The number of aromatic nitrogens is 2. The van der Waals surface area contributed by atoms with Crippen LogP contribution in [0.5, 0.6) is 5.75 Å². The maximum atomic E-state index is 9.45. The number of hydrogen-bond acceptors (Lipinski definition) is 4. The normalized spacial score (nSPS) is 10.7. The van der Waals surface area contributed by atoms with Crippen LogP contribution in [-0.2, 0) is 0 Å². The second kappa shape index (κ2) is 5.15. The monoisotopic (exact) mass is 306 g/mol. The lowest BCUT2D eigenvalue weighted by Gasteiger charge is -1.98. The van der Waals surface area contributed by atoms with Gasteiger partial charge < -0.3 is 9.63 Å². The van der Waals surface area contributed by atoms with Gasteiger partial charge in [0, 0.05) is 16.1 Å². The van der Waals surface area contributed by atoms with Gasteiger partial charge in [0.2, 0.25) is 5.82 Å². The van der Waals surface area contributed by atoms with Crippen LogP contribution in [0.4, 0.5) is 0 Å². The number of halogens is 2. The summed E-state index contributed by atoms with van der Waals surface area (Å²) >= 11 is 11.9. The molecule has 1 aromatic heterocycles. The van der Waals surface area contributed by atoms with Gasteiger partial charge in [-0.1, -0.05) is 34.4 Å². The van der Waals surface area contributed by atoms with E-state index in [2.05, 4.69) is 10.1 Å². The van der Waals surface area contributed by atoms with Gasteiger partial charge in [0.1, 0.15) is 5.75 Å². The molecule has 0 radical (unpaired) electrons.